The van der Waals surface area contributed by atoms with E-state index in [0.717, 1.165) is 5.69 Å². The van der Waals surface area contributed by atoms with Gasteiger partial charge in [-0.25, -0.2) is 4.39 Å². The molecule has 0 aliphatic heterocycles. The number of ether oxygens (including phenoxy) is 1. The van der Waals surface area contributed by atoms with E-state index in [4.69, 9.17) is 4.74 Å². The third-order valence-electron chi connectivity index (χ3n) is 2.00. The van der Waals surface area contributed by atoms with Crippen molar-refractivity contribution in [1.29, 1.82) is 0 Å². The van der Waals surface area contributed by atoms with Gasteiger partial charge < -0.3 is 9.64 Å². The minimum Gasteiger partial charge on any atom is -0.462 e. The molecule has 0 aliphatic carbocycles. The number of esters is 1. The Hall–Kier alpha value is -1.58. The highest BCUT2D eigenvalue weighted by molar-refractivity contribution is 5.75. The summed E-state index contributed by atoms with van der Waals surface area (Å²) < 4.78 is 17.7. The van der Waals surface area contributed by atoms with Crippen molar-refractivity contribution >= 4 is 11.7 Å². The number of nitrogens with zero attached hydrogens (tertiary/aromatic N) is 1. The first-order chi connectivity index (χ1) is 7.49. The third-order valence-corrected chi connectivity index (χ3v) is 2.00. The maximum absolute atomic E-state index is 12.7. The van der Waals surface area contributed by atoms with Gasteiger partial charge >= 0.3 is 5.97 Å². The Morgan fingerprint density at radius 1 is 1.38 bits per heavy atom. The summed E-state index contributed by atoms with van der Waals surface area (Å²) in [6, 6.07) is 5.97. The van der Waals surface area contributed by atoms with Crippen molar-refractivity contribution < 1.29 is 13.9 Å². The Labute approximate surface area is 94.8 Å². The van der Waals surface area contributed by atoms with Gasteiger partial charge in [-0.15, -0.1) is 0 Å². The molecular weight excluding hydrogens is 209 g/mol. The predicted octanol–water partition coefficient (Wildman–Crippen LogP) is 2.21. The van der Waals surface area contributed by atoms with Crippen LogP contribution in [0, 0.1) is 5.82 Å². The fourth-order valence-corrected chi connectivity index (χ4v) is 1.28. The molecule has 0 radical (unpaired) electrons. The SMILES string of the molecule is CC(C)OC(=O)CN(C)c1ccc(F)cc1. The average molecular weight is 225 g/mol. The van der Waals surface area contributed by atoms with Crippen molar-refractivity contribution in [2.45, 2.75) is 20.0 Å². The van der Waals surface area contributed by atoms with Crippen molar-refractivity contribution in [1.82, 2.24) is 0 Å². The summed E-state index contributed by atoms with van der Waals surface area (Å²) in [5.74, 6) is -0.580. The molecule has 0 unspecified atom stereocenters. The van der Waals surface area contributed by atoms with Crippen LogP contribution in [-0.2, 0) is 9.53 Å². The molecule has 16 heavy (non-hydrogen) atoms. The summed E-state index contributed by atoms with van der Waals surface area (Å²) in [4.78, 5) is 13.1. The van der Waals surface area contributed by atoms with Gasteiger partial charge in [0.1, 0.15) is 12.4 Å². The Bertz CT molecular complexity index is 349. The van der Waals surface area contributed by atoms with Crippen molar-refractivity contribution in [3.63, 3.8) is 0 Å². The minimum absolute atomic E-state index is 0.117. The molecule has 0 aromatic heterocycles. The highest BCUT2D eigenvalue weighted by atomic mass is 19.1. The lowest BCUT2D eigenvalue weighted by atomic mass is 10.3. The highest BCUT2D eigenvalue weighted by Crippen LogP contribution is 2.12. The molecular formula is C12H16FNO2. The van der Waals surface area contributed by atoms with E-state index >= 15 is 0 Å². The molecule has 0 N–H and O–H groups in total. The van der Waals surface area contributed by atoms with Gasteiger partial charge in [-0.05, 0) is 38.1 Å². The van der Waals surface area contributed by atoms with Crippen molar-refractivity contribution in [3.05, 3.63) is 30.1 Å². The Kier molecular flexibility index (Phi) is 4.28. The second-order valence-corrected chi connectivity index (χ2v) is 3.87. The van der Waals surface area contributed by atoms with Crippen LogP contribution in [0.3, 0.4) is 0 Å². The van der Waals surface area contributed by atoms with E-state index in [1.165, 1.54) is 12.1 Å². The number of hydrogen-bond acceptors (Lipinski definition) is 3. The van der Waals surface area contributed by atoms with E-state index in [1.807, 2.05) is 0 Å². The Morgan fingerprint density at radius 2 is 1.94 bits per heavy atom. The second-order valence-electron chi connectivity index (χ2n) is 3.87. The molecule has 1 aromatic carbocycles. The van der Waals surface area contributed by atoms with Gasteiger partial charge in [0.2, 0.25) is 0 Å². The van der Waals surface area contributed by atoms with Gasteiger partial charge in [-0.1, -0.05) is 0 Å². The Morgan fingerprint density at radius 3 is 2.44 bits per heavy atom. The summed E-state index contributed by atoms with van der Waals surface area (Å²) >= 11 is 0. The number of rotatable bonds is 4. The summed E-state index contributed by atoms with van der Waals surface area (Å²) in [5, 5.41) is 0. The molecule has 1 rings (SSSR count). The molecule has 0 bridgehead atoms. The smallest absolute Gasteiger partial charge is 0.325 e. The van der Waals surface area contributed by atoms with Crippen molar-refractivity contribution in [2.75, 3.05) is 18.5 Å². The predicted molar refractivity (Wildman–Crippen MR) is 60.9 cm³/mol. The first kappa shape index (κ1) is 12.5. The van der Waals surface area contributed by atoms with Crippen LogP contribution in [0.4, 0.5) is 10.1 Å². The van der Waals surface area contributed by atoms with Crippen LogP contribution in [0.2, 0.25) is 0 Å². The molecule has 0 heterocycles. The lowest BCUT2D eigenvalue weighted by Gasteiger charge is -2.19. The summed E-state index contributed by atoms with van der Waals surface area (Å²) in [6.07, 6.45) is -0.117. The lowest BCUT2D eigenvalue weighted by Crippen LogP contribution is -2.28. The molecule has 0 amide bonds. The van der Waals surface area contributed by atoms with Crippen molar-refractivity contribution in [2.24, 2.45) is 0 Å². The van der Waals surface area contributed by atoms with Gasteiger partial charge in [0.25, 0.3) is 0 Å². The summed E-state index contributed by atoms with van der Waals surface area (Å²) in [6.45, 7) is 3.76. The molecule has 1 aromatic rings. The second kappa shape index (κ2) is 5.49. The minimum atomic E-state index is -0.290. The lowest BCUT2D eigenvalue weighted by molar-refractivity contribution is -0.145. The number of likely N-dealkylation sites (N-methyl/N-ethyl adjacent to an activating group) is 1. The largest absolute Gasteiger partial charge is 0.462 e. The normalized spacial score (nSPS) is 10.3. The zero-order chi connectivity index (χ0) is 12.1. The zero-order valence-corrected chi connectivity index (χ0v) is 9.74. The molecule has 0 atom stereocenters. The maximum Gasteiger partial charge on any atom is 0.325 e. The van der Waals surface area contributed by atoms with Crippen molar-refractivity contribution in [3.8, 4) is 0 Å². The van der Waals surface area contributed by atoms with E-state index in [9.17, 15) is 9.18 Å². The first-order valence-corrected chi connectivity index (χ1v) is 5.15. The topological polar surface area (TPSA) is 29.5 Å². The quantitative estimate of drug-likeness (QED) is 0.736. The molecule has 0 aliphatic rings. The molecule has 0 fully saturated rings. The van der Waals surface area contributed by atoms with Crippen LogP contribution in [0.15, 0.2) is 24.3 Å². The molecule has 3 nitrogen and oxygen atoms in total. The highest BCUT2D eigenvalue weighted by Gasteiger charge is 2.09. The number of anilines is 1. The van der Waals surface area contributed by atoms with E-state index in [2.05, 4.69) is 0 Å². The van der Waals surface area contributed by atoms with Gasteiger partial charge in [0.15, 0.2) is 0 Å². The van der Waals surface area contributed by atoms with Crippen LogP contribution in [0.5, 0.6) is 0 Å². The first-order valence-electron chi connectivity index (χ1n) is 5.15. The number of halogens is 1. The molecule has 0 saturated carbocycles. The van der Waals surface area contributed by atoms with Gasteiger partial charge in [-0.2, -0.15) is 0 Å². The monoisotopic (exact) mass is 225 g/mol. The van der Waals surface area contributed by atoms with Crippen LogP contribution in [-0.4, -0.2) is 25.7 Å². The van der Waals surface area contributed by atoms with Gasteiger partial charge in [0, 0.05) is 12.7 Å². The fourth-order valence-electron chi connectivity index (χ4n) is 1.28. The van der Waals surface area contributed by atoms with Crippen LogP contribution >= 0.6 is 0 Å². The fraction of sp³-hybridized carbons (Fsp3) is 0.417. The number of carbonyl (C=O) groups is 1. The Balaban J connectivity index is 2.55. The number of benzene rings is 1. The molecule has 0 spiro atoms. The van der Waals surface area contributed by atoms with Crippen LogP contribution in [0.25, 0.3) is 0 Å². The molecule has 0 saturated heterocycles. The molecule has 88 valence electrons. The van der Waals surface area contributed by atoms with Gasteiger partial charge in [-0.3, -0.25) is 4.79 Å². The van der Waals surface area contributed by atoms with Crippen LogP contribution in [0.1, 0.15) is 13.8 Å². The number of hydrogen-bond donors (Lipinski definition) is 0. The standard InChI is InChI=1S/C12H16FNO2/c1-9(2)16-12(15)8-14(3)11-6-4-10(13)5-7-11/h4-7,9H,8H2,1-3H3. The van der Waals surface area contributed by atoms with E-state index < -0.39 is 0 Å². The maximum atomic E-state index is 12.7. The molecule has 4 heteroatoms. The van der Waals surface area contributed by atoms with E-state index in [0.29, 0.717) is 0 Å². The van der Waals surface area contributed by atoms with E-state index in [-0.39, 0.29) is 24.4 Å². The number of carbonyl (C=O) groups excluding carboxylic acids is 1. The van der Waals surface area contributed by atoms with Gasteiger partial charge in [0.05, 0.1) is 6.10 Å². The zero-order valence-electron chi connectivity index (χ0n) is 9.74. The van der Waals surface area contributed by atoms with E-state index in [1.54, 1.807) is 37.9 Å². The van der Waals surface area contributed by atoms with Crippen LogP contribution < -0.4 is 4.90 Å². The average Bonchev–Trinajstić information content (AvgIpc) is 2.16. The summed E-state index contributed by atoms with van der Waals surface area (Å²) in [7, 11) is 1.76. The third kappa shape index (κ3) is 3.88. The summed E-state index contributed by atoms with van der Waals surface area (Å²) in [5.41, 5.74) is 0.780.